The Kier molecular flexibility index (Phi) is 5.22. The molecule has 0 heterocycles. The van der Waals surface area contributed by atoms with Gasteiger partial charge in [0.25, 0.3) is 0 Å². The number of oxime groups is 1. The molecule has 0 amide bonds. The van der Waals surface area contributed by atoms with Crippen molar-refractivity contribution < 1.29 is 4.84 Å². The highest BCUT2D eigenvalue weighted by Crippen LogP contribution is 2.24. The van der Waals surface area contributed by atoms with E-state index in [0.717, 1.165) is 16.9 Å². The zero-order chi connectivity index (χ0) is 14.2. The number of benzene rings is 2. The van der Waals surface area contributed by atoms with Crippen LogP contribution in [0.1, 0.15) is 11.1 Å². The predicted octanol–water partition coefficient (Wildman–Crippen LogP) is 3.85. The molecule has 0 aliphatic carbocycles. The average Bonchev–Trinajstić information content (AvgIpc) is 2.52. The molecule has 0 aromatic heterocycles. The van der Waals surface area contributed by atoms with Gasteiger partial charge in [0.2, 0.25) is 0 Å². The van der Waals surface area contributed by atoms with E-state index in [0.29, 0.717) is 5.71 Å². The Morgan fingerprint density at radius 3 is 2.55 bits per heavy atom. The molecule has 20 heavy (non-hydrogen) atoms. The molecule has 0 spiro atoms. The van der Waals surface area contributed by atoms with Gasteiger partial charge in [-0.25, -0.2) is 0 Å². The fraction of sp³-hybridized carbons (Fsp3) is 0.125. The van der Waals surface area contributed by atoms with Gasteiger partial charge in [0.05, 0.1) is 0 Å². The summed E-state index contributed by atoms with van der Waals surface area (Å²) in [4.78, 5) is 5.92. The van der Waals surface area contributed by atoms with Crippen molar-refractivity contribution in [2.45, 2.75) is 10.6 Å². The molecule has 2 rings (SSSR count). The topological polar surface area (TPSA) is 45.4 Å². The molecule has 0 bridgehead atoms. The highest BCUT2D eigenvalue weighted by molar-refractivity contribution is 7.98. The van der Waals surface area contributed by atoms with E-state index in [-0.39, 0.29) is 0 Å². The molecule has 2 aromatic rings. The van der Waals surface area contributed by atoms with Gasteiger partial charge < -0.3 is 4.84 Å². The Labute approximate surface area is 122 Å². The minimum Gasteiger partial charge on any atom is -0.398 e. The van der Waals surface area contributed by atoms with Crippen molar-refractivity contribution in [2.24, 2.45) is 5.16 Å². The first-order valence-corrected chi connectivity index (χ1v) is 7.11. The van der Waals surface area contributed by atoms with Crippen molar-refractivity contribution in [1.29, 1.82) is 5.26 Å². The maximum absolute atomic E-state index is 9.15. The molecule has 0 saturated heterocycles. The van der Waals surface area contributed by atoms with Crippen molar-refractivity contribution >= 4 is 17.5 Å². The van der Waals surface area contributed by atoms with Gasteiger partial charge in [0, 0.05) is 16.2 Å². The summed E-state index contributed by atoms with van der Waals surface area (Å²) in [6.45, 7) is 0. The lowest BCUT2D eigenvalue weighted by molar-refractivity contribution is 0.214. The summed E-state index contributed by atoms with van der Waals surface area (Å²) in [7, 11) is 1.44. The molecule has 3 nitrogen and oxygen atoms in total. The third kappa shape index (κ3) is 3.62. The van der Waals surface area contributed by atoms with Crippen molar-refractivity contribution in [3.8, 4) is 6.07 Å². The van der Waals surface area contributed by atoms with Crippen LogP contribution in [0.25, 0.3) is 0 Å². The van der Waals surface area contributed by atoms with E-state index in [1.165, 1.54) is 12.0 Å². The summed E-state index contributed by atoms with van der Waals surface area (Å²) in [5, 5.41) is 12.9. The first kappa shape index (κ1) is 14.2. The molecular formula is C16H14N2OS. The van der Waals surface area contributed by atoms with E-state index in [9.17, 15) is 0 Å². The van der Waals surface area contributed by atoms with Crippen molar-refractivity contribution in [1.82, 2.24) is 0 Å². The molecule has 100 valence electrons. The van der Waals surface area contributed by atoms with Crippen LogP contribution in [-0.2, 0) is 10.6 Å². The van der Waals surface area contributed by atoms with Gasteiger partial charge >= 0.3 is 0 Å². The van der Waals surface area contributed by atoms with Crippen LogP contribution in [0, 0.1) is 11.3 Å². The molecule has 0 saturated carbocycles. The molecule has 0 unspecified atom stereocenters. The van der Waals surface area contributed by atoms with Gasteiger partial charge in [0.15, 0.2) is 5.71 Å². The quantitative estimate of drug-likeness (QED) is 0.475. The monoisotopic (exact) mass is 282 g/mol. The molecule has 0 aliphatic heterocycles. The van der Waals surface area contributed by atoms with Crippen molar-refractivity contribution in [3.05, 3.63) is 65.7 Å². The molecule has 0 fully saturated rings. The minimum atomic E-state index is 0.303. The Bertz CT molecular complexity index is 632. The lowest BCUT2D eigenvalue weighted by Crippen LogP contribution is -2.02. The standard InChI is InChI=1S/C16H14N2OS/c1-19-18-16(11-17)15-10-6-5-7-13(15)12-20-14-8-3-2-4-9-14/h2-10H,12H2,1H3. The smallest absolute Gasteiger partial charge is 0.187 e. The number of hydrogen-bond acceptors (Lipinski definition) is 4. The maximum atomic E-state index is 9.15. The first-order valence-electron chi connectivity index (χ1n) is 6.12. The summed E-state index contributed by atoms with van der Waals surface area (Å²) in [5.41, 5.74) is 2.19. The number of thioether (sulfide) groups is 1. The lowest BCUT2D eigenvalue weighted by atomic mass is 10.1. The third-order valence-electron chi connectivity index (χ3n) is 2.70. The Morgan fingerprint density at radius 2 is 1.85 bits per heavy atom. The van der Waals surface area contributed by atoms with E-state index in [4.69, 9.17) is 10.1 Å². The largest absolute Gasteiger partial charge is 0.398 e. The Morgan fingerprint density at radius 1 is 1.15 bits per heavy atom. The average molecular weight is 282 g/mol. The highest BCUT2D eigenvalue weighted by Gasteiger charge is 2.09. The van der Waals surface area contributed by atoms with Crippen LogP contribution < -0.4 is 0 Å². The van der Waals surface area contributed by atoms with Crippen LogP contribution >= 0.6 is 11.8 Å². The SMILES string of the molecule is CON=C(C#N)c1ccccc1CSc1ccccc1. The first-order chi connectivity index (χ1) is 9.85. The van der Waals surface area contributed by atoms with Gasteiger partial charge in [-0.2, -0.15) is 5.26 Å². The van der Waals surface area contributed by atoms with E-state index >= 15 is 0 Å². The van der Waals surface area contributed by atoms with E-state index in [1.54, 1.807) is 11.8 Å². The second-order valence-electron chi connectivity index (χ2n) is 3.99. The van der Waals surface area contributed by atoms with Gasteiger partial charge in [-0.05, 0) is 17.7 Å². The van der Waals surface area contributed by atoms with E-state index < -0.39 is 0 Å². The van der Waals surface area contributed by atoms with Gasteiger partial charge in [-0.1, -0.05) is 47.6 Å². The molecule has 4 heteroatoms. The third-order valence-corrected chi connectivity index (χ3v) is 3.76. The zero-order valence-electron chi connectivity index (χ0n) is 11.1. The van der Waals surface area contributed by atoms with Crippen LogP contribution in [0.4, 0.5) is 0 Å². The summed E-state index contributed by atoms with van der Waals surface area (Å²) in [6, 6.07) is 20.0. The molecular weight excluding hydrogens is 268 g/mol. The zero-order valence-corrected chi connectivity index (χ0v) is 11.9. The van der Waals surface area contributed by atoms with Crippen LogP contribution in [0.5, 0.6) is 0 Å². The second-order valence-corrected chi connectivity index (χ2v) is 5.04. The van der Waals surface area contributed by atoms with Crippen molar-refractivity contribution in [3.63, 3.8) is 0 Å². The number of hydrogen-bond donors (Lipinski definition) is 0. The Balaban J connectivity index is 2.20. The number of nitrogens with zero attached hydrogens (tertiary/aromatic N) is 2. The summed E-state index contributed by atoms with van der Waals surface area (Å²) in [6.07, 6.45) is 0. The van der Waals surface area contributed by atoms with Gasteiger partial charge in [-0.15, -0.1) is 11.8 Å². The number of nitriles is 1. The molecule has 0 N–H and O–H groups in total. The van der Waals surface area contributed by atoms with Crippen LogP contribution in [-0.4, -0.2) is 12.8 Å². The van der Waals surface area contributed by atoms with E-state index in [2.05, 4.69) is 23.4 Å². The minimum absolute atomic E-state index is 0.303. The summed E-state index contributed by atoms with van der Waals surface area (Å²) in [5.74, 6) is 0.782. The fourth-order valence-electron chi connectivity index (χ4n) is 1.78. The Hall–Kier alpha value is -2.25. The lowest BCUT2D eigenvalue weighted by Gasteiger charge is -2.07. The molecule has 0 atom stereocenters. The predicted molar refractivity (Wildman–Crippen MR) is 81.6 cm³/mol. The summed E-state index contributed by atoms with van der Waals surface area (Å²) >= 11 is 1.73. The maximum Gasteiger partial charge on any atom is 0.187 e. The molecule has 2 aromatic carbocycles. The van der Waals surface area contributed by atoms with Crippen molar-refractivity contribution in [2.75, 3.05) is 7.11 Å². The van der Waals surface area contributed by atoms with Crippen LogP contribution in [0.3, 0.4) is 0 Å². The summed E-state index contributed by atoms with van der Waals surface area (Å²) < 4.78 is 0. The van der Waals surface area contributed by atoms with Crippen LogP contribution in [0.2, 0.25) is 0 Å². The highest BCUT2D eigenvalue weighted by atomic mass is 32.2. The second kappa shape index (κ2) is 7.37. The normalized spacial score (nSPS) is 10.9. The molecule has 0 aliphatic rings. The van der Waals surface area contributed by atoms with Gasteiger partial charge in [-0.3, -0.25) is 0 Å². The molecule has 0 radical (unpaired) electrons. The number of rotatable bonds is 5. The van der Waals surface area contributed by atoms with E-state index in [1.807, 2.05) is 42.5 Å². The van der Waals surface area contributed by atoms with Crippen LogP contribution in [0.15, 0.2) is 64.6 Å². The fourth-order valence-corrected chi connectivity index (χ4v) is 2.70. The van der Waals surface area contributed by atoms with Gasteiger partial charge in [0.1, 0.15) is 13.2 Å².